The molecule has 2 heterocycles. The van der Waals surface area contributed by atoms with Gasteiger partial charge in [0.2, 0.25) is 0 Å². The average Bonchev–Trinajstić information content (AvgIpc) is 3.09. The molecule has 1 aliphatic rings. The second-order valence-electron chi connectivity index (χ2n) is 7.09. The zero-order chi connectivity index (χ0) is 20.6. The molecule has 1 N–H and O–H groups in total. The number of Topliss-reactive ketones (excluding diaryl/α,β-unsaturated/α-hetero) is 1. The van der Waals surface area contributed by atoms with Gasteiger partial charge in [0.15, 0.2) is 5.78 Å². The first-order valence-corrected chi connectivity index (χ1v) is 9.07. The van der Waals surface area contributed by atoms with Crippen LogP contribution in [0.25, 0.3) is 0 Å². The minimum absolute atomic E-state index is 0.286. The number of carbonyl (C=O) groups is 3. The van der Waals surface area contributed by atoms with Crippen LogP contribution in [0.5, 0.6) is 0 Å². The first-order valence-electron chi connectivity index (χ1n) is 9.07. The van der Waals surface area contributed by atoms with Gasteiger partial charge in [0.05, 0.1) is 18.2 Å². The maximum atomic E-state index is 13.0. The zero-order valence-corrected chi connectivity index (χ0v) is 16.4. The molecule has 28 heavy (non-hydrogen) atoms. The van der Waals surface area contributed by atoms with Crippen LogP contribution < -0.4 is 5.32 Å². The summed E-state index contributed by atoms with van der Waals surface area (Å²) < 4.78 is 2.01. The molecule has 1 aliphatic heterocycles. The van der Waals surface area contributed by atoms with Crippen LogP contribution in [-0.4, -0.2) is 33.7 Å². The quantitative estimate of drug-likeness (QED) is 0.639. The van der Waals surface area contributed by atoms with E-state index in [4.69, 9.17) is 5.26 Å². The van der Waals surface area contributed by atoms with Crippen LogP contribution in [0.4, 0.5) is 4.79 Å². The van der Waals surface area contributed by atoms with Gasteiger partial charge in [0, 0.05) is 23.5 Å². The van der Waals surface area contributed by atoms with Gasteiger partial charge in [-0.25, -0.2) is 4.79 Å². The molecule has 3 amide bonds. The molecule has 7 nitrogen and oxygen atoms in total. The van der Waals surface area contributed by atoms with E-state index in [0.29, 0.717) is 16.7 Å². The number of rotatable bonds is 5. The number of ketones is 1. The van der Waals surface area contributed by atoms with Gasteiger partial charge in [-0.15, -0.1) is 0 Å². The number of hydrogen-bond donors (Lipinski definition) is 1. The van der Waals surface area contributed by atoms with Crippen LogP contribution >= 0.6 is 0 Å². The van der Waals surface area contributed by atoms with Gasteiger partial charge < -0.3 is 9.88 Å². The Labute approximate surface area is 163 Å². The summed E-state index contributed by atoms with van der Waals surface area (Å²) in [6, 6.07) is 9.72. The molecular weight excluding hydrogens is 356 g/mol. The number of aryl methyl sites for hydroxylation is 1. The first kappa shape index (κ1) is 19.4. The van der Waals surface area contributed by atoms with Crippen LogP contribution in [0, 0.1) is 25.2 Å². The predicted octanol–water partition coefficient (Wildman–Crippen LogP) is 2.65. The lowest BCUT2D eigenvalue weighted by molar-refractivity contribution is -0.130. The monoisotopic (exact) mass is 378 g/mol. The molecule has 1 saturated heterocycles. The molecule has 1 unspecified atom stereocenters. The molecule has 1 aromatic heterocycles. The lowest BCUT2D eigenvalue weighted by atomic mass is 9.91. The van der Waals surface area contributed by atoms with Crippen LogP contribution in [0.3, 0.4) is 0 Å². The van der Waals surface area contributed by atoms with E-state index >= 15 is 0 Å². The minimum Gasteiger partial charge on any atom is -0.349 e. The van der Waals surface area contributed by atoms with Crippen LogP contribution in [-0.2, 0) is 16.9 Å². The molecule has 0 radical (unpaired) electrons. The van der Waals surface area contributed by atoms with Crippen molar-refractivity contribution in [3.05, 3.63) is 58.4 Å². The summed E-state index contributed by atoms with van der Waals surface area (Å²) in [5, 5.41) is 11.8. The van der Waals surface area contributed by atoms with Crippen molar-refractivity contribution < 1.29 is 14.4 Å². The third-order valence-corrected chi connectivity index (χ3v) is 5.34. The molecule has 0 saturated carbocycles. The molecule has 1 fully saturated rings. The summed E-state index contributed by atoms with van der Waals surface area (Å²) in [7, 11) is 0. The molecule has 7 heteroatoms. The highest BCUT2D eigenvalue weighted by molar-refractivity contribution is 6.11. The minimum atomic E-state index is -1.31. The second-order valence-corrected chi connectivity index (χ2v) is 7.09. The molecule has 0 aliphatic carbocycles. The molecule has 1 aromatic carbocycles. The van der Waals surface area contributed by atoms with Gasteiger partial charge >= 0.3 is 6.03 Å². The fourth-order valence-electron chi connectivity index (χ4n) is 3.73. The summed E-state index contributed by atoms with van der Waals surface area (Å²) in [5.74, 6) is -0.795. The number of benzene rings is 1. The first-order chi connectivity index (χ1) is 13.2. The van der Waals surface area contributed by atoms with E-state index in [1.807, 2.05) is 31.4 Å². The van der Waals surface area contributed by atoms with E-state index in [9.17, 15) is 14.4 Å². The van der Waals surface area contributed by atoms with Crippen molar-refractivity contribution in [3.63, 3.8) is 0 Å². The number of hydrogen-bond acceptors (Lipinski definition) is 4. The van der Waals surface area contributed by atoms with Gasteiger partial charge in [-0.2, -0.15) is 5.26 Å². The van der Waals surface area contributed by atoms with Crippen molar-refractivity contribution in [2.75, 3.05) is 6.54 Å². The summed E-state index contributed by atoms with van der Waals surface area (Å²) in [6.45, 7) is 7.75. The van der Waals surface area contributed by atoms with E-state index in [-0.39, 0.29) is 12.3 Å². The Kier molecular flexibility index (Phi) is 4.82. The number of aromatic nitrogens is 1. The standard InChI is InChI=1S/C21H22N4O3/c1-5-24-13(2)9-17(14(24)3)18(26)12-25-19(27)21(4,23-20(25)28)16-8-6-7-15(10-16)11-22/h6-10H,5,12H2,1-4H3,(H,23,28). The molecule has 2 aromatic rings. The Balaban J connectivity index is 1.88. The molecule has 1 atom stereocenters. The maximum absolute atomic E-state index is 13.0. The number of nitrogens with zero attached hydrogens (tertiary/aromatic N) is 3. The van der Waals surface area contributed by atoms with Gasteiger partial charge in [-0.3, -0.25) is 14.5 Å². The highest BCUT2D eigenvalue weighted by Gasteiger charge is 2.49. The fraction of sp³-hybridized carbons (Fsp3) is 0.333. The lowest BCUT2D eigenvalue weighted by Gasteiger charge is -2.22. The number of nitriles is 1. The maximum Gasteiger partial charge on any atom is 0.325 e. The number of amides is 3. The van der Waals surface area contributed by atoms with Crippen molar-refractivity contribution >= 4 is 17.7 Å². The number of nitrogens with one attached hydrogen (secondary N) is 1. The zero-order valence-electron chi connectivity index (χ0n) is 16.4. The van der Waals surface area contributed by atoms with Crippen LogP contribution in [0.15, 0.2) is 30.3 Å². The highest BCUT2D eigenvalue weighted by atomic mass is 16.2. The smallest absolute Gasteiger partial charge is 0.325 e. The summed E-state index contributed by atoms with van der Waals surface area (Å²) in [6.07, 6.45) is 0. The summed E-state index contributed by atoms with van der Waals surface area (Å²) in [5.41, 5.74) is 1.87. The fourth-order valence-corrected chi connectivity index (χ4v) is 3.73. The van der Waals surface area contributed by atoms with Gasteiger partial charge in [0.25, 0.3) is 5.91 Å². The number of urea groups is 1. The van der Waals surface area contributed by atoms with E-state index in [1.165, 1.54) is 0 Å². The van der Waals surface area contributed by atoms with E-state index in [1.54, 1.807) is 37.3 Å². The normalized spacial score (nSPS) is 18.9. The average molecular weight is 378 g/mol. The Morgan fingerprint density at radius 1 is 1.25 bits per heavy atom. The van der Waals surface area contributed by atoms with Crippen molar-refractivity contribution in [1.29, 1.82) is 5.26 Å². The predicted molar refractivity (Wildman–Crippen MR) is 103 cm³/mol. The van der Waals surface area contributed by atoms with Crippen molar-refractivity contribution in [2.45, 2.75) is 39.8 Å². The van der Waals surface area contributed by atoms with Crippen LogP contribution in [0.1, 0.15) is 46.7 Å². The van der Waals surface area contributed by atoms with Gasteiger partial charge in [0.1, 0.15) is 5.54 Å². The lowest BCUT2D eigenvalue weighted by Crippen LogP contribution is -2.41. The van der Waals surface area contributed by atoms with Crippen molar-refractivity contribution in [1.82, 2.24) is 14.8 Å². The highest BCUT2D eigenvalue weighted by Crippen LogP contribution is 2.29. The molecule has 0 bridgehead atoms. The second kappa shape index (κ2) is 6.97. The number of carbonyl (C=O) groups excluding carboxylic acids is 3. The van der Waals surface area contributed by atoms with E-state index in [0.717, 1.165) is 22.8 Å². The largest absolute Gasteiger partial charge is 0.349 e. The Morgan fingerprint density at radius 3 is 2.57 bits per heavy atom. The molecule has 0 spiro atoms. The van der Waals surface area contributed by atoms with Gasteiger partial charge in [-0.1, -0.05) is 12.1 Å². The topological polar surface area (TPSA) is 95.2 Å². The summed E-state index contributed by atoms with van der Waals surface area (Å²) in [4.78, 5) is 39.3. The molecule has 144 valence electrons. The van der Waals surface area contributed by atoms with Crippen molar-refractivity contribution in [3.8, 4) is 6.07 Å². The Bertz CT molecular complexity index is 1030. The third-order valence-electron chi connectivity index (χ3n) is 5.34. The third kappa shape index (κ3) is 2.97. The molecular formula is C21H22N4O3. The van der Waals surface area contributed by atoms with E-state index in [2.05, 4.69) is 5.32 Å². The number of imide groups is 1. The Hall–Kier alpha value is -3.40. The molecule has 3 rings (SSSR count). The SMILES string of the molecule is CCn1c(C)cc(C(=O)CN2C(=O)NC(C)(c3cccc(C#N)c3)C2=O)c1C. The van der Waals surface area contributed by atoms with E-state index < -0.39 is 17.5 Å². The van der Waals surface area contributed by atoms with Gasteiger partial charge in [-0.05, 0) is 51.5 Å². The Morgan fingerprint density at radius 2 is 1.96 bits per heavy atom. The summed E-state index contributed by atoms with van der Waals surface area (Å²) >= 11 is 0. The van der Waals surface area contributed by atoms with Crippen molar-refractivity contribution in [2.24, 2.45) is 0 Å². The van der Waals surface area contributed by atoms with Crippen LogP contribution in [0.2, 0.25) is 0 Å².